The molecule has 4 amide bonds. The van der Waals surface area contributed by atoms with Crippen molar-refractivity contribution in [2.75, 3.05) is 0 Å². The van der Waals surface area contributed by atoms with Gasteiger partial charge in [-0.1, -0.05) is 29.8 Å². The summed E-state index contributed by atoms with van der Waals surface area (Å²) in [7, 11) is -4.13. The molecular formula is C20H16N2O6S. The maximum Gasteiger partial charge on any atom is 0.262 e. The number of carbonyl (C=O) groups excluding carboxylic acids is 4. The molecule has 2 unspecified atom stereocenters. The van der Waals surface area contributed by atoms with Gasteiger partial charge in [0.05, 0.1) is 16.0 Å². The number of hydrogen-bond acceptors (Lipinski definition) is 6. The lowest BCUT2D eigenvalue weighted by Gasteiger charge is -2.32. The quantitative estimate of drug-likeness (QED) is 0.747. The van der Waals surface area contributed by atoms with E-state index in [4.69, 9.17) is 0 Å². The number of benzene rings is 2. The molecule has 1 fully saturated rings. The first kappa shape index (κ1) is 19.0. The molecule has 2 aromatic carbocycles. The van der Waals surface area contributed by atoms with Crippen LogP contribution in [0.3, 0.4) is 0 Å². The summed E-state index contributed by atoms with van der Waals surface area (Å²) in [5, 5.41) is 0.409. The average Bonchev–Trinajstić information content (AvgIpc) is 2.93. The molecule has 2 heterocycles. The third kappa shape index (κ3) is 2.94. The molecule has 1 N–H and O–H groups in total. The minimum atomic E-state index is -4.13. The monoisotopic (exact) mass is 412 g/mol. The van der Waals surface area contributed by atoms with Crippen molar-refractivity contribution >= 4 is 33.5 Å². The number of imide groups is 2. The lowest BCUT2D eigenvalue weighted by Crippen LogP contribution is -2.60. The van der Waals surface area contributed by atoms with Crippen LogP contribution in [0.25, 0.3) is 0 Å². The van der Waals surface area contributed by atoms with Gasteiger partial charge in [0, 0.05) is 6.42 Å². The fraction of sp³-hybridized carbons (Fsp3) is 0.200. The summed E-state index contributed by atoms with van der Waals surface area (Å²) < 4.78 is 26.0. The van der Waals surface area contributed by atoms with E-state index in [2.05, 4.69) is 0 Å². The summed E-state index contributed by atoms with van der Waals surface area (Å²) >= 11 is 0. The van der Waals surface area contributed by atoms with Crippen molar-refractivity contribution < 1.29 is 27.6 Å². The smallest absolute Gasteiger partial charge is 0.262 e. The fourth-order valence-corrected chi connectivity index (χ4v) is 5.20. The molecule has 1 saturated heterocycles. The zero-order valence-electron chi connectivity index (χ0n) is 15.3. The van der Waals surface area contributed by atoms with Crippen LogP contribution in [0.1, 0.15) is 32.7 Å². The standard InChI is InChI=1S/C20H16N2O6S/c1-11-6-8-12(9-7-11)29(27,28)16-10-15(17(23)21-18(16)24)22-19(25)13-4-2-3-5-14(13)20(22)26/h2-9,15-16H,10H2,1H3,(H,21,23,24). The van der Waals surface area contributed by atoms with Crippen molar-refractivity contribution in [2.24, 2.45) is 0 Å². The Hall–Kier alpha value is -3.33. The van der Waals surface area contributed by atoms with Crippen molar-refractivity contribution in [2.45, 2.75) is 29.5 Å². The Bertz CT molecular complexity index is 1130. The minimum Gasteiger partial charge on any atom is -0.293 e. The van der Waals surface area contributed by atoms with Gasteiger partial charge in [-0.15, -0.1) is 0 Å². The van der Waals surface area contributed by atoms with Gasteiger partial charge in [0.25, 0.3) is 11.8 Å². The van der Waals surface area contributed by atoms with Crippen molar-refractivity contribution in [1.82, 2.24) is 10.2 Å². The maximum absolute atomic E-state index is 13.0. The third-order valence-electron chi connectivity index (χ3n) is 5.14. The number of aryl methyl sites for hydroxylation is 1. The summed E-state index contributed by atoms with van der Waals surface area (Å²) in [6, 6.07) is 10.7. The largest absolute Gasteiger partial charge is 0.293 e. The second-order valence-corrected chi connectivity index (χ2v) is 9.11. The SMILES string of the molecule is Cc1ccc(S(=O)(=O)C2CC(N3C(=O)c4ccccc4C3=O)C(=O)NC2=O)cc1. The summed E-state index contributed by atoms with van der Waals surface area (Å²) in [5.74, 6) is -3.22. The first-order valence-electron chi connectivity index (χ1n) is 8.84. The Kier molecular flexibility index (Phi) is 4.34. The molecule has 8 nitrogen and oxygen atoms in total. The van der Waals surface area contributed by atoms with Gasteiger partial charge in [0.15, 0.2) is 9.84 Å². The Labute approximate surface area is 166 Å². The molecule has 2 aliphatic heterocycles. The number of rotatable bonds is 3. The molecule has 2 atom stereocenters. The van der Waals surface area contributed by atoms with Crippen LogP contribution in [0.2, 0.25) is 0 Å². The number of hydrogen-bond donors (Lipinski definition) is 1. The molecule has 0 aliphatic carbocycles. The zero-order chi connectivity index (χ0) is 20.9. The minimum absolute atomic E-state index is 0.0706. The van der Waals surface area contributed by atoms with E-state index in [9.17, 15) is 27.6 Å². The van der Waals surface area contributed by atoms with Gasteiger partial charge in [0.2, 0.25) is 11.8 Å². The number of nitrogens with one attached hydrogen (secondary N) is 1. The van der Waals surface area contributed by atoms with E-state index in [1.54, 1.807) is 31.2 Å². The maximum atomic E-state index is 13.0. The van der Waals surface area contributed by atoms with Crippen LogP contribution in [-0.2, 0) is 19.4 Å². The fourth-order valence-electron chi connectivity index (χ4n) is 3.58. The number of nitrogens with zero attached hydrogens (tertiary/aromatic N) is 1. The van der Waals surface area contributed by atoms with Crippen LogP contribution < -0.4 is 5.32 Å². The highest BCUT2D eigenvalue weighted by atomic mass is 32.2. The van der Waals surface area contributed by atoms with E-state index < -0.39 is 51.2 Å². The van der Waals surface area contributed by atoms with E-state index in [-0.39, 0.29) is 16.0 Å². The van der Waals surface area contributed by atoms with E-state index in [0.717, 1.165) is 10.5 Å². The second kappa shape index (κ2) is 6.63. The van der Waals surface area contributed by atoms with Crippen molar-refractivity contribution in [3.63, 3.8) is 0 Å². The van der Waals surface area contributed by atoms with Crippen molar-refractivity contribution in [3.8, 4) is 0 Å². The summed E-state index contributed by atoms with van der Waals surface area (Å²) in [4.78, 5) is 50.8. The third-order valence-corrected chi connectivity index (χ3v) is 7.22. The van der Waals surface area contributed by atoms with Crippen LogP contribution in [0.15, 0.2) is 53.4 Å². The van der Waals surface area contributed by atoms with Crippen molar-refractivity contribution in [3.05, 3.63) is 65.2 Å². The molecular weight excluding hydrogens is 396 g/mol. The molecule has 9 heteroatoms. The number of amides is 4. The predicted octanol–water partition coefficient (Wildman–Crippen LogP) is 0.849. The Morgan fingerprint density at radius 2 is 1.41 bits per heavy atom. The molecule has 4 rings (SSSR count). The number of fused-ring (bicyclic) bond motifs is 1. The van der Waals surface area contributed by atoms with Gasteiger partial charge in [-0.25, -0.2) is 8.42 Å². The Morgan fingerprint density at radius 1 is 0.862 bits per heavy atom. The first-order valence-corrected chi connectivity index (χ1v) is 10.4. The van der Waals surface area contributed by atoms with Crippen LogP contribution in [0.5, 0.6) is 0 Å². The topological polar surface area (TPSA) is 118 Å². The van der Waals surface area contributed by atoms with Gasteiger partial charge >= 0.3 is 0 Å². The van der Waals surface area contributed by atoms with Gasteiger partial charge in [-0.05, 0) is 31.2 Å². The van der Waals surface area contributed by atoms with Crippen LogP contribution in [0.4, 0.5) is 0 Å². The molecule has 2 aromatic rings. The summed E-state index contributed by atoms with van der Waals surface area (Å²) in [6.45, 7) is 1.79. The summed E-state index contributed by atoms with van der Waals surface area (Å²) in [6.07, 6.45) is -0.494. The molecule has 0 aromatic heterocycles. The Balaban J connectivity index is 1.69. The molecule has 0 spiro atoms. The number of carbonyl (C=O) groups is 4. The summed E-state index contributed by atoms with van der Waals surface area (Å²) in [5.41, 5.74) is 1.12. The molecule has 0 bridgehead atoms. The van der Waals surface area contributed by atoms with Gasteiger partial charge in [-0.3, -0.25) is 29.4 Å². The highest BCUT2D eigenvalue weighted by Gasteiger charge is 2.50. The molecule has 0 radical (unpaired) electrons. The van der Waals surface area contributed by atoms with Crippen LogP contribution in [-0.4, -0.2) is 48.2 Å². The average molecular weight is 412 g/mol. The molecule has 148 valence electrons. The molecule has 0 saturated carbocycles. The lowest BCUT2D eigenvalue weighted by atomic mass is 10.0. The highest BCUT2D eigenvalue weighted by molar-refractivity contribution is 7.92. The normalized spacial score (nSPS) is 21.9. The van der Waals surface area contributed by atoms with E-state index >= 15 is 0 Å². The van der Waals surface area contributed by atoms with Crippen LogP contribution in [0, 0.1) is 6.92 Å². The number of piperidine rings is 1. The van der Waals surface area contributed by atoms with Gasteiger partial charge in [-0.2, -0.15) is 0 Å². The lowest BCUT2D eigenvalue weighted by molar-refractivity contribution is -0.136. The van der Waals surface area contributed by atoms with Gasteiger partial charge in [0.1, 0.15) is 11.3 Å². The van der Waals surface area contributed by atoms with Crippen molar-refractivity contribution in [1.29, 1.82) is 0 Å². The van der Waals surface area contributed by atoms with E-state index in [1.807, 2.05) is 5.32 Å². The first-order chi connectivity index (χ1) is 13.7. The zero-order valence-corrected chi connectivity index (χ0v) is 16.1. The van der Waals surface area contributed by atoms with Gasteiger partial charge < -0.3 is 0 Å². The second-order valence-electron chi connectivity index (χ2n) is 6.98. The van der Waals surface area contributed by atoms with E-state index in [1.165, 1.54) is 24.3 Å². The highest BCUT2D eigenvalue weighted by Crippen LogP contribution is 2.30. The molecule has 29 heavy (non-hydrogen) atoms. The Morgan fingerprint density at radius 3 is 1.97 bits per heavy atom. The number of sulfone groups is 1. The van der Waals surface area contributed by atoms with E-state index in [0.29, 0.717) is 0 Å². The molecule has 2 aliphatic rings. The van der Waals surface area contributed by atoms with Crippen LogP contribution >= 0.6 is 0 Å². The predicted molar refractivity (Wildman–Crippen MR) is 101 cm³/mol.